The second-order valence-electron chi connectivity index (χ2n) is 6.12. The number of hydrogen-bond donors (Lipinski definition) is 2. The molecule has 2 nitrogen and oxygen atoms in total. The monoisotopic (exact) mass is 224 g/mol. The lowest BCUT2D eigenvalue weighted by atomic mass is 9.73. The fraction of sp³-hybridized carbons (Fsp3) is 0.857. The van der Waals surface area contributed by atoms with Gasteiger partial charge in [0.25, 0.3) is 0 Å². The molecule has 0 bridgehead atoms. The van der Waals surface area contributed by atoms with E-state index < -0.39 is 0 Å². The zero-order valence-corrected chi connectivity index (χ0v) is 12.0. The van der Waals surface area contributed by atoms with Crippen LogP contribution in [0.1, 0.15) is 61.3 Å². The summed E-state index contributed by atoms with van der Waals surface area (Å²) in [5.74, 6) is 0.235. The van der Waals surface area contributed by atoms with E-state index in [0.29, 0.717) is 11.4 Å². The molecule has 0 aromatic heterocycles. The number of hydrogen-bond acceptors (Lipinski definition) is 2. The van der Waals surface area contributed by atoms with Crippen molar-refractivity contribution in [2.24, 2.45) is 16.7 Å². The topological polar surface area (TPSA) is 47.7 Å². The lowest BCUT2D eigenvalue weighted by Crippen LogP contribution is -2.31. The van der Waals surface area contributed by atoms with Crippen molar-refractivity contribution >= 4 is 11.4 Å². The zero-order chi connectivity index (χ0) is 13.1. The summed E-state index contributed by atoms with van der Waals surface area (Å²) in [7, 11) is 0. The van der Waals surface area contributed by atoms with Crippen molar-refractivity contribution in [3.63, 3.8) is 0 Å². The second kappa shape index (κ2) is 5.11. The Labute approximate surface area is 101 Å². The highest BCUT2D eigenvalue weighted by Crippen LogP contribution is 2.42. The van der Waals surface area contributed by atoms with Crippen LogP contribution in [-0.2, 0) is 0 Å². The third-order valence-corrected chi connectivity index (χ3v) is 3.22. The first-order valence-electron chi connectivity index (χ1n) is 6.33. The average molecular weight is 224 g/mol. The molecule has 2 heteroatoms. The molecule has 0 radical (unpaired) electrons. The van der Waals surface area contributed by atoms with Gasteiger partial charge in [-0.05, 0) is 24.2 Å². The highest BCUT2D eigenvalue weighted by Gasteiger charge is 2.39. The Bertz CT molecular complexity index is 274. The predicted molar refractivity (Wildman–Crippen MR) is 72.8 cm³/mol. The van der Waals surface area contributed by atoms with Crippen molar-refractivity contribution in [3.8, 4) is 0 Å². The van der Waals surface area contributed by atoms with Crippen molar-refractivity contribution < 1.29 is 0 Å². The van der Waals surface area contributed by atoms with Crippen LogP contribution in [0, 0.1) is 27.6 Å². The Kier molecular flexibility index (Phi) is 4.90. The molecule has 1 fully saturated rings. The summed E-state index contributed by atoms with van der Waals surface area (Å²) in [4.78, 5) is 0. The van der Waals surface area contributed by atoms with Gasteiger partial charge in [0.15, 0.2) is 0 Å². The number of rotatable bonds is 0. The molecule has 1 saturated carbocycles. The van der Waals surface area contributed by atoms with Crippen molar-refractivity contribution in [3.05, 3.63) is 0 Å². The Hall–Kier alpha value is -0.660. The van der Waals surface area contributed by atoms with Crippen LogP contribution in [0.15, 0.2) is 0 Å². The fourth-order valence-electron chi connectivity index (χ4n) is 2.90. The largest absolute Gasteiger partial charge is 0.303 e. The van der Waals surface area contributed by atoms with Gasteiger partial charge in [-0.3, -0.25) is 0 Å². The number of nitrogens with one attached hydrogen (secondary N) is 2. The lowest BCUT2D eigenvalue weighted by molar-refractivity contribution is 0.229. The maximum absolute atomic E-state index is 8.02. The van der Waals surface area contributed by atoms with Gasteiger partial charge in [-0.25, -0.2) is 0 Å². The fourth-order valence-corrected chi connectivity index (χ4v) is 2.90. The molecule has 0 heterocycles. The molecule has 2 N–H and O–H groups in total. The normalized spacial score (nSPS) is 27.8. The van der Waals surface area contributed by atoms with Gasteiger partial charge in [-0.2, -0.15) is 0 Å². The SMILES string of the molecule is CC.CC1CC(C)(C)CC(C)(C)C(=N)C1=N. The minimum Gasteiger partial charge on any atom is -0.303 e. The van der Waals surface area contributed by atoms with E-state index in [4.69, 9.17) is 10.8 Å². The molecule has 1 unspecified atom stereocenters. The summed E-state index contributed by atoms with van der Waals surface area (Å²) >= 11 is 0. The molecular formula is C14H28N2. The molecular weight excluding hydrogens is 196 g/mol. The molecule has 16 heavy (non-hydrogen) atoms. The van der Waals surface area contributed by atoms with E-state index >= 15 is 0 Å². The van der Waals surface area contributed by atoms with Crippen LogP contribution in [0.25, 0.3) is 0 Å². The molecule has 1 aliphatic rings. The lowest BCUT2D eigenvalue weighted by Gasteiger charge is -2.31. The molecule has 94 valence electrons. The first-order chi connectivity index (χ1) is 7.16. The van der Waals surface area contributed by atoms with E-state index in [-0.39, 0.29) is 16.7 Å². The smallest absolute Gasteiger partial charge is 0.0580 e. The minimum absolute atomic E-state index is 0.134. The molecule has 0 spiro atoms. The molecule has 0 aromatic carbocycles. The van der Waals surface area contributed by atoms with E-state index in [1.165, 1.54) is 0 Å². The van der Waals surface area contributed by atoms with Gasteiger partial charge >= 0.3 is 0 Å². The molecule has 0 aromatic rings. The highest BCUT2D eigenvalue weighted by atomic mass is 14.6. The van der Waals surface area contributed by atoms with Crippen molar-refractivity contribution in [1.29, 1.82) is 10.8 Å². The van der Waals surface area contributed by atoms with Crippen molar-refractivity contribution in [2.75, 3.05) is 0 Å². The summed E-state index contributed by atoms with van der Waals surface area (Å²) in [6.07, 6.45) is 2.03. The first kappa shape index (κ1) is 15.3. The van der Waals surface area contributed by atoms with Crippen LogP contribution >= 0.6 is 0 Å². The van der Waals surface area contributed by atoms with Crippen molar-refractivity contribution in [2.45, 2.75) is 61.3 Å². The summed E-state index contributed by atoms with van der Waals surface area (Å²) in [6, 6.07) is 0. The molecule has 1 atom stereocenters. The van der Waals surface area contributed by atoms with Crippen LogP contribution in [0.3, 0.4) is 0 Å². The van der Waals surface area contributed by atoms with Crippen LogP contribution < -0.4 is 0 Å². The molecule has 0 saturated heterocycles. The van der Waals surface area contributed by atoms with Gasteiger partial charge in [0, 0.05) is 5.41 Å². The highest BCUT2D eigenvalue weighted by molar-refractivity contribution is 6.42. The van der Waals surface area contributed by atoms with Crippen molar-refractivity contribution in [1.82, 2.24) is 0 Å². The van der Waals surface area contributed by atoms with Gasteiger partial charge in [0.1, 0.15) is 0 Å². The molecule has 1 rings (SSSR count). The van der Waals surface area contributed by atoms with E-state index in [9.17, 15) is 0 Å². The van der Waals surface area contributed by atoms with Crippen LogP contribution in [-0.4, -0.2) is 11.4 Å². The first-order valence-corrected chi connectivity index (χ1v) is 6.33. The van der Waals surface area contributed by atoms with E-state index in [2.05, 4.69) is 34.6 Å². The third kappa shape index (κ3) is 3.43. The van der Waals surface area contributed by atoms with Crippen LogP contribution in [0.5, 0.6) is 0 Å². The Morgan fingerprint density at radius 2 is 1.50 bits per heavy atom. The molecule has 0 aliphatic heterocycles. The van der Waals surface area contributed by atoms with Gasteiger partial charge in [0.2, 0.25) is 0 Å². The Morgan fingerprint density at radius 3 is 1.94 bits per heavy atom. The zero-order valence-electron chi connectivity index (χ0n) is 12.0. The maximum Gasteiger partial charge on any atom is 0.0580 e. The second-order valence-corrected chi connectivity index (χ2v) is 6.12. The Balaban J connectivity index is 0.00000106. The summed E-state index contributed by atoms with van der Waals surface area (Å²) in [6.45, 7) is 14.7. The predicted octanol–water partition coefficient (Wildman–Crippen LogP) is 4.53. The van der Waals surface area contributed by atoms with Crippen LogP contribution in [0.2, 0.25) is 0 Å². The average Bonchev–Trinajstić information content (AvgIpc) is 2.19. The van der Waals surface area contributed by atoms with Gasteiger partial charge < -0.3 is 10.8 Å². The van der Waals surface area contributed by atoms with E-state index in [1.807, 2.05) is 13.8 Å². The minimum atomic E-state index is -0.134. The molecule has 0 amide bonds. The van der Waals surface area contributed by atoms with Gasteiger partial charge in [0.05, 0.1) is 11.4 Å². The van der Waals surface area contributed by atoms with Gasteiger partial charge in [-0.15, -0.1) is 0 Å². The van der Waals surface area contributed by atoms with Gasteiger partial charge in [-0.1, -0.05) is 48.5 Å². The summed E-state index contributed by atoms with van der Waals surface area (Å²) in [5, 5.41) is 16.0. The summed E-state index contributed by atoms with van der Waals surface area (Å²) in [5.41, 5.74) is 1.19. The van der Waals surface area contributed by atoms with Crippen LogP contribution in [0.4, 0.5) is 0 Å². The van der Waals surface area contributed by atoms with E-state index in [0.717, 1.165) is 12.8 Å². The maximum atomic E-state index is 8.02. The molecule has 1 aliphatic carbocycles. The van der Waals surface area contributed by atoms with E-state index in [1.54, 1.807) is 0 Å². The standard InChI is InChI=1S/C12H22N2.C2H6/c1-8-6-11(2,3)7-12(4,5)10(14)9(8)13;1-2/h8,13-14H,6-7H2,1-5H3;1-2H3. The summed E-state index contributed by atoms with van der Waals surface area (Å²) < 4.78 is 0. The Morgan fingerprint density at radius 1 is 1.06 bits per heavy atom. The quantitative estimate of drug-likeness (QED) is 0.568. The third-order valence-electron chi connectivity index (χ3n) is 3.22.